The second kappa shape index (κ2) is 6.05. The van der Waals surface area contributed by atoms with E-state index in [1.807, 2.05) is 0 Å². The van der Waals surface area contributed by atoms with Gasteiger partial charge >= 0.3 is 5.97 Å². The van der Waals surface area contributed by atoms with E-state index >= 15 is 0 Å². The molecule has 1 aromatic carbocycles. The summed E-state index contributed by atoms with van der Waals surface area (Å²) in [5.74, 6) is -1.30. The van der Waals surface area contributed by atoms with Gasteiger partial charge in [0, 0.05) is 6.54 Å². The van der Waals surface area contributed by atoms with Crippen molar-refractivity contribution in [2.24, 2.45) is 0 Å². The SMILES string of the molecule is O=C(Cc1ccccc1C(=O)O)NCC1(O)CCCC1. The Morgan fingerprint density at radius 2 is 1.85 bits per heavy atom. The molecule has 5 heteroatoms. The van der Waals surface area contributed by atoms with Crippen LogP contribution in [0.2, 0.25) is 0 Å². The third-order valence-electron chi connectivity index (χ3n) is 3.75. The summed E-state index contributed by atoms with van der Waals surface area (Å²) in [5, 5.41) is 21.9. The van der Waals surface area contributed by atoms with Crippen LogP contribution in [-0.4, -0.2) is 34.2 Å². The van der Waals surface area contributed by atoms with E-state index in [-0.39, 0.29) is 24.4 Å². The molecule has 1 fully saturated rings. The molecule has 0 heterocycles. The van der Waals surface area contributed by atoms with E-state index < -0.39 is 11.6 Å². The van der Waals surface area contributed by atoms with Crippen LogP contribution >= 0.6 is 0 Å². The molecule has 1 aliphatic rings. The second-order valence-corrected chi connectivity index (χ2v) is 5.35. The maximum Gasteiger partial charge on any atom is 0.335 e. The first-order chi connectivity index (χ1) is 9.50. The minimum Gasteiger partial charge on any atom is -0.478 e. The highest BCUT2D eigenvalue weighted by atomic mass is 16.4. The van der Waals surface area contributed by atoms with Gasteiger partial charge < -0.3 is 15.5 Å². The zero-order valence-corrected chi connectivity index (χ0v) is 11.3. The Kier molecular flexibility index (Phi) is 4.39. The number of hydrogen-bond donors (Lipinski definition) is 3. The Morgan fingerprint density at radius 3 is 2.50 bits per heavy atom. The van der Waals surface area contributed by atoms with E-state index in [2.05, 4.69) is 5.32 Å². The van der Waals surface area contributed by atoms with Gasteiger partial charge in [-0.1, -0.05) is 31.0 Å². The maximum atomic E-state index is 11.9. The summed E-state index contributed by atoms with van der Waals surface area (Å²) in [6.07, 6.45) is 3.39. The minimum atomic E-state index is -1.04. The van der Waals surface area contributed by atoms with Crippen molar-refractivity contribution < 1.29 is 19.8 Å². The molecule has 20 heavy (non-hydrogen) atoms. The number of nitrogens with one attached hydrogen (secondary N) is 1. The van der Waals surface area contributed by atoms with Crippen molar-refractivity contribution in [3.8, 4) is 0 Å². The number of carboxylic acid groups (broad SMARTS) is 1. The van der Waals surface area contributed by atoms with E-state index in [1.165, 1.54) is 6.07 Å². The predicted molar refractivity (Wildman–Crippen MR) is 73.5 cm³/mol. The second-order valence-electron chi connectivity index (χ2n) is 5.35. The fourth-order valence-corrected chi connectivity index (χ4v) is 2.59. The molecule has 0 bridgehead atoms. The summed E-state index contributed by atoms with van der Waals surface area (Å²) in [6.45, 7) is 0.237. The van der Waals surface area contributed by atoms with Gasteiger partial charge in [0.15, 0.2) is 0 Å². The molecule has 108 valence electrons. The summed E-state index contributed by atoms with van der Waals surface area (Å²) in [6, 6.07) is 6.45. The Hall–Kier alpha value is -1.88. The number of aliphatic hydroxyl groups is 1. The topological polar surface area (TPSA) is 86.6 Å². The van der Waals surface area contributed by atoms with Crippen LogP contribution in [0.25, 0.3) is 0 Å². The van der Waals surface area contributed by atoms with Crippen LogP contribution in [0.3, 0.4) is 0 Å². The fourth-order valence-electron chi connectivity index (χ4n) is 2.59. The van der Waals surface area contributed by atoms with Gasteiger partial charge in [-0.15, -0.1) is 0 Å². The third-order valence-corrected chi connectivity index (χ3v) is 3.75. The van der Waals surface area contributed by atoms with Gasteiger partial charge in [-0.05, 0) is 24.5 Å². The van der Waals surface area contributed by atoms with Crippen molar-refractivity contribution >= 4 is 11.9 Å². The minimum absolute atomic E-state index is 0.0125. The molecule has 5 nitrogen and oxygen atoms in total. The van der Waals surface area contributed by atoms with Crippen molar-refractivity contribution in [2.45, 2.75) is 37.7 Å². The molecule has 1 aliphatic carbocycles. The van der Waals surface area contributed by atoms with Crippen LogP contribution in [-0.2, 0) is 11.2 Å². The van der Waals surface area contributed by atoms with Gasteiger partial charge in [-0.3, -0.25) is 4.79 Å². The highest BCUT2D eigenvalue weighted by molar-refractivity contribution is 5.91. The molecule has 3 N–H and O–H groups in total. The van der Waals surface area contributed by atoms with Gasteiger partial charge in [-0.25, -0.2) is 4.79 Å². The Balaban J connectivity index is 1.93. The van der Waals surface area contributed by atoms with Gasteiger partial charge in [0.1, 0.15) is 0 Å². The summed E-state index contributed by atoms with van der Waals surface area (Å²) in [5.41, 5.74) is -0.166. The van der Waals surface area contributed by atoms with Gasteiger partial charge in [0.2, 0.25) is 5.91 Å². The summed E-state index contributed by atoms with van der Waals surface area (Å²) in [7, 11) is 0. The molecule has 2 rings (SSSR count). The average molecular weight is 277 g/mol. The number of hydrogen-bond acceptors (Lipinski definition) is 3. The molecule has 0 aromatic heterocycles. The molecule has 0 atom stereocenters. The largest absolute Gasteiger partial charge is 0.478 e. The van der Waals surface area contributed by atoms with Crippen LogP contribution in [0.15, 0.2) is 24.3 Å². The number of benzene rings is 1. The molecule has 0 aliphatic heterocycles. The van der Waals surface area contributed by atoms with Gasteiger partial charge in [0.25, 0.3) is 0 Å². The fraction of sp³-hybridized carbons (Fsp3) is 0.467. The average Bonchev–Trinajstić information content (AvgIpc) is 2.84. The van der Waals surface area contributed by atoms with E-state index in [4.69, 9.17) is 5.11 Å². The predicted octanol–water partition coefficient (Wildman–Crippen LogP) is 1.35. The summed E-state index contributed by atoms with van der Waals surface area (Å²) < 4.78 is 0. The monoisotopic (exact) mass is 277 g/mol. The normalized spacial score (nSPS) is 16.9. The first-order valence-corrected chi connectivity index (χ1v) is 6.80. The van der Waals surface area contributed by atoms with Gasteiger partial charge in [0.05, 0.1) is 17.6 Å². The lowest BCUT2D eigenvalue weighted by molar-refractivity contribution is -0.121. The number of carboxylic acids is 1. The quantitative estimate of drug-likeness (QED) is 0.758. The summed E-state index contributed by atoms with van der Waals surface area (Å²) in [4.78, 5) is 22.9. The van der Waals surface area contributed by atoms with E-state index in [0.717, 1.165) is 12.8 Å². The molecule has 1 aromatic rings. The van der Waals surface area contributed by atoms with Crippen molar-refractivity contribution in [3.63, 3.8) is 0 Å². The first-order valence-electron chi connectivity index (χ1n) is 6.80. The van der Waals surface area contributed by atoms with Crippen molar-refractivity contribution in [1.29, 1.82) is 0 Å². The lowest BCUT2D eigenvalue weighted by Gasteiger charge is -2.22. The zero-order valence-electron chi connectivity index (χ0n) is 11.3. The van der Waals surface area contributed by atoms with Crippen LogP contribution in [0, 0.1) is 0 Å². The molecular weight excluding hydrogens is 258 g/mol. The molecule has 1 amide bonds. The molecule has 0 spiro atoms. The molecule has 0 unspecified atom stereocenters. The Bertz CT molecular complexity index is 506. The van der Waals surface area contributed by atoms with E-state index in [1.54, 1.807) is 18.2 Å². The number of carbonyl (C=O) groups is 2. The van der Waals surface area contributed by atoms with E-state index in [0.29, 0.717) is 18.4 Å². The first kappa shape index (κ1) is 14.5. The highest BCUT2D eigenvalue weighted by Crippen LogP contribution is 2.28. The van der Waals surface area contributed by atoms with Crippen LogP contribution < -0.4 is 5.32 Å². The molecular formula is C15H19NO4. The number of amides is 1. The van der Waals surface area contributed by atoms with Crippen LogP contribution in [0.1, 0.15) is 41.6 Å². The standard InChI is InChI=1S/C15H19NO4/c17-13(16-10-15(20)7-3-4-8-15)9-11-5-1-2-6-12(11)14(18)19/h1-2,5-6,20H,3-4,7-10H2,(H,16,17)(H,18,19). The van der Waals surface area contributed by atoms with Gasteiger partial charge in [-0.2, -0.15) is 0 Å². The summed E-state index contributed by atoms with van der Waals surface area (Å²) >= 11 is 0. The van der Waals surface area contributed by atoms with Crippen molar-refractivity contribution in [2.75, 3.05) is 6.54 Å². The van der Waals surface area contributed by atoms with Crippen molar-refractivity contribution in [3.05, 3.63) is 35.4 Å². The molecule has 0 radical (unpaired) electrons. The molecule has 1 saturated carbocycles. The van der Waals surface area contributed by atoms with E-state index in [9.17, 15) is 14.7 Å². The highest BCUT2D eigenvalue weighted by Gasteiger charge is 2.31. The van der Waals surface area contributed by atoms with Crippen LogP contribution in [0.4, 0.5) is 0 Å². The van der Waals surface area contributed by atoms with Crippen LogP contribution in [0.5, 0.6) is 0 Å². The lowest BCUT2D eigenvalue weighted by atomic mass is 10.0. The number of rotatable bonds is 5. The van der Waals surface area contributed by atoms with Crippen molar-refractivity contribution in [1.82, 2.24) is 5.32 Å². The third kappa shape index (κ3) is 3.57. The number of aromatic carboxylic acids is 1. The Morgan fingerprint density at radius 1 is 1.20 bits per heavy atom. The molecule has 0 saturated heterocycles. The number of carbonyl (C=O) groups excluding carboxylic acids is 1. The lowest BCUT2D eigenvalue weighted by Crippen LogP contribution is -2.41. The smallest absolute Gasteiger partial charge is 0.335 e. The maximum absolute atomic E-state index is 11.9. The Labute approximate surface area is 117 Å². The zero-order chi connectivity index (χ0) is 14.6.